The molecule has 3 aromatic heterocycles. The van der Waals surface area contributed by atoms with Crippen LogP contribution in [0.1, 0.15) is 66.2 Å². The summed E-state index contributed by atoms with van der Waals surface area (Å²) in [4.78, 5) is 29.4. The number of fused-ring (bicyclic) bond motifs is 2. The van der Waals surface area contributed by atoms with E-state index in [1.165, 1.54) is 22.7 Å². The molecule has 0 aromatic carbocycles. The summed E-state index contributed by atoms with van der Waals surface area (Å²) < 4.78 is 13.9. The summed E-state index contributed by atoms with van der Waals surface area (Å²) in [5.74, 6) is 0.458. The summed E-state index contributed by atoms with van der Waals surface area (Å²) in [5, 5.41) is 16.2. The van der Waals surface area contributed by atoms with Crippen molar-refractivity contribution < 1.29 is 14.3 Å². The number of piperidine rings is 1. The van der Waals surface area contributed by atoms with Crippen molar-refractivity contribution >= 4 is 39.5 Å². The van der Waals surface area contributed by atoms with Crippen molar-refractivity contribution in [2.24, 2.45) is 0 Å². The highest BCUT2D eigenvalue weighted by Gasteiger charge is 2.51. The lowest BCUT2D eigenvalue weighted by atomic mass is 9.89. The SMILES string of the molecule is Cc1nc(C(C)O)sc1-c1csc(Nc2ccc(C(=O)N3[C@H]4CCC[C@]3(CF)CC4)cn2)n1. The predicted molar refractivity (Wildman–Crippen MR) is 128 cm³/mol. The van der Waals surface area contributed by atoms with Crippen molar-refractivity contribution in [3.05, 3.63) is 40.0 Å². The molecule has 10 heteroatoms. The first-order valence-corrected chi connectivity index (χ1v) is 12.8. The third kappa shape index (κ3) is 4.04. The van der Waals surface area contributed by atoms with Crippen LogP contribution in [0.3, 0.4) is 0 Å². The first-order valence-electron chi connectivity index (χ1n) is 11.1. The normalized spacial score (nSPS) is 23.0. The van der Waals surface area contributed by atoms with E-state index in [9.17, 15) is 14.3 Å². The van der Waals surface area contributed by atoms with Crippen molar-refractivity contribution in [3.8, 4) is 10.6 Å². The number of hydrogen-bond acceptors (Lipinski definition) is 8. The van der Waals surface area contributed by atoms with Gasteiger partial charge in [0.25, 0.3) is 5.91 Å². The maximum absolute atomic E-state index is 13.9. The van der Waals surface area contributed by atoms with Gasteiger partial charge in [-0.2, -0.15) is 0 Å². The van der Waals surface area contributed by atoms with Gasteiger partial charge in [0.1, 0.15) is 23.6 Å². The Morgan fingerprint density at radius 3 is 2.91 bits per heavy atom. The zero-order valence-corrected chi connectivity index (χ0v) is 20.2. The molecule has 5 heterocycles. The van der Waals surface area contributed by atoms with E-state index in [0.29, 0.717) is 21.5 Å². The Hall–Kier alpha value is -2.43. The fourth-order valence-corrected chi connectivity index (χ4v) is 6.70. The zero-order valence-electron chi connectivity index (χ0n) is 18.5. The Balaban J connectivity index is 1.30. The smallest absolute Gasteiger partial charge is 0.256 e. The maximum atomic E-state index is 13.9. The molecule has 0 aliphatic carbocycles. The van der Waals surface area contributed by atoms with Crippen LogP contribution < -0.4 is 5.32 Å². The second-order valence-electron chi connectivity index (χ2n) is 8.86. The van der Waals surface area contributed by atoms with Gasteiger partial charge in [-0.1, -0.05) is 0 Å². The van der Waals surface area contributed by atoms with E-state index in [4.69, 9.17) is 0 Å². The second kappa shape index (κ2) is 8.73. The molecule has 5 rings (SSSR count). The summed E-state index contributed by atoms with van der Waals surface area (Å²) in [6.07, 6.45) is 5.25. The van der Waals surface area contributed by atoms with Crippen LogP contribution in [0.5, 0.6) is 0 Å². The van der Waals surface area contributed by atoms with Gasteiger partial charge < -0.3 is 15.3 Å². The number of aromatic nitrogens is 3. The van der Waals surface area contributed by atoms with Crippen LogP contribution in [-0.4, -0.2) is 49.1 Å². The maximum Gasteiger partial charge on any atom is 0.256 e. The van der Waals surface area contributed by atoms with Gasteiger partial charge in [0.05, 0.1) is 27.4 Å². The predicted octanol–water partition coefficient (Wildman–Crippen LogP) is 5.26. The summed E-state index contributed by atoms with van der Waals surface area (Å²) >= 11 is 2.88. The zero-order chi connectivity index (χ0) is 23.2. The van der Waals surface area contributed by atoms with Crippen molar-refractivity contribution in [2.75, 3.05) is 12.0 Å². The molecule has 2 fully saturated rings. The average molecular weight is 488 g/mol. The third-order valence-corrected chi connectivity index (χ3v) is 8.73. The molecule has 3 atom stereocenters. The van der Waals surface area contributed by atoms with Gasteiger partial charge in [-0.3, -0.25) is 4.79 Å². The monoisotopic (exact) mass is 487 g/mol. The molecule has 1 unspecified atom stereocenters. The second-order valence-corrected chi connectivity index (χ2v) is 10.7. The number of nitrogens with one attached hydrogen (secondary N) is 1. The number of aliphatic hydroxyl groups is 1. The molecule has 2 saturated heterocycles. The first-order chi connectivity index (χ1) is 15.9. The molecule has 7 nitrogen and oxygen atoms in total. The number of carbonyl (C=O) groups excluding carboxylic acids is 1. The fourth-order valence-electron chi connectivity index (χ4n) is 4.95. The van der Waals surface area contributed by atoms with Gasteiger partial charge in [-0.25, -0.2) is 19.3 Å². The minimum absolute atomic E-state index is 0.125. The molecule has 2 bridgehead atoms. The summed E-state index contributed by atoms with van der Waals surface area (Å²) in [7, 11) is 0. The van der Waals surface area contributed by atoms with Crippen LogP contribution >= 0.6 is 22.7 Å². The number of aryl methyl sites for hydroxylation is 1. The van der Waals surface area contributed by atoms with E-state index < -0.39 is 18.3 Å². The Morgan fingerprint density at radius 2 is 2.21 bits per heavy atom. The van der Waals surface area contributed by atoms with E-state index in [-0.39, 0.29) is 11.9 Å². The van der Waals surface area contributed by atoms with E-state index in [0.717, 1.165) is 48.4 Å². The number of nitrogens with zero attached hydrogens (tertiary/aromatic N) is 4. The number of halogens is 1. The quantitative estimate of drug-likeness (QED) is 0.493. The van der Waals surface area contributed by atoms with Crippen LogP contribution in [0.4, 0.5) is 15.3 Å². The van der Waals surface area contributed by atoms with Gasteiger partial charge in [0.15, 0.2) is 5.13 Å². The summed E-state index contributed by atoms with van der Waals surface area (Å²) in [5.41, 5.74) is 1.49. The minimum atomic E-state index is -0.628. The van der Waals surface area contributed by atoms with Crippen LogP contribution in [0.2, 0.25) is 0 Å². The summed E-state index contributed by atoms with van der Waals surface area (Å²) in [6.45, 7) is 3.12. The van der Waals surface area contributed by atoms with Crippen LogP contribution in [0.15, 0.2) is 23.7 Å². The Bertz CT molecular complexity index is 1160. The molecule has 1 amide bonds. The van der Waals surface area contributed by atoms with Crippen LogP contribution in [-0.2, 0) is 0 Å². The molecule has 3 aromatic rings. The number of thiazole rings is 2. The standard InChI is InChI=1S/C23H26FN5O2S2/c1-13-19(33-20(26-13)14(2)30)17-11-32-22(27-17)28-18-6-5-15(10-25-18)21(31)29-16-4-3-8-23(29,12-24)9-7-16/h5-6,10-11,14,16,30H,3-4,7-9,12H2,1-2H3,(H,25,27,28)/t14?,16-,23+/m0/s1. The largest absolute Gasteiger partial charge is 0.386 e. The fraction of sp³-hybridized carbons (Fsp3) is 0.478. The number of rotatable bonds is 6. The number of pyridine rings is 1. The number of alkyl halides is 1. The van der Waals surface area contributed by atoms with Gasteiger partial charge in [-0.15, -0.1) is 22.7 Å². The first kappa shape index (κ1) is 22.4. The van der Waals surface area contributed by atoms with Crippen molar-refractivity contribution in [3.63, 3.8) is 0 Å². The topological polar surface area (TPSA) is 91.2 Å². The third-order valence-electron chi connectivity index (χ3n) is 6.62. The van der Waals surface area contributed by atoms with E-state index in [1.807, 2.05) is 12.3 Å². The molecular weight excluding hydrogens is 461 g/mol. The van der Waals surface area contributed by atoms with E-state index >= 15 is 0 Å². The molecule has 174 valence electrons. The van der Waals surface area contributed by atoms with Gasteiger partial charge >= 0.3 is 0 Å². The van der Waals surface area contributed by atoms with Gasteiger partial charge in [-0.05, 0) is 58.1 Å². The van der Waals surface area contributed by atoms with Crippen molar-refractivity contribution in [1.29, 1.82) is 0 Å². The molecule has 2 N–H and O–H groups in total. The lowest BCUT2D eigenvalue weighted by Gasteiger charge is -2.43. The molecule has 33 heavy (non-hydrogen) atoms. The highest BCUT2D eigenvalue weighted by molar-refractivity contribution is 7.17. The van der Waals surface area contributed by atoms with E-state index in [1.54, 1.807) is 30.2 Å². The van der Waals surface area contributed by atoms with E-state index in [2.05, 4.69) is 20.3 Å². The number of anilines is 2. The Morgan fingerprint density at radius 1 is 1.36 bits per heavy atom. The highest BCUT2D eigenvalue weighted by atomic mass is 32.1. The van der Waals surface area contributed by atoms with Crippen molar-refractivity contribution in [1.82, 2.24) is 19.9 Å². The molecule has 0 saturated carbocycles. The Labute approximate surface area is 199 Å². The highest BCUT2D eigenvalue weighted by Crippen LogP contribution is 2.45. The van der Waals surface area contributed by atoms with Crippen LogP contribution in [0, 0.1) is 6.92 Å². The molecule has 2 aliphatic rings. The average Bonchev–Trinajstić information content (AvgIpc) is 3.49. The van der Waals surface area contributed by atoms with Gasteiger partial charge in [0, 0.05) is 17.6 Å². The van der Waals surface area contributed by atoms with Crippen LogP contribution in [0.25, 0.3) is 10.6 Å². The van der Waals surface area contributed by atoms with Crippen molar-refractivity contribution in [2.45, 2.75) is 63.6 Å². The summed E-state index contributed by atoms with van der Waals surface area (Å²) in [6, 6.07) is 3.64. The number of amides is 1. The number of hydrogen-bond donors (Lipinski definition) is 2. The Kier molecular flexibility index (Phi) is 5.92. The lowest BCUT2D eigenvalue weighted by Crippen LogP contribution is -2.54. The molecular formula is C23H26FN5O2S2. The lowest BCUT2D eigenvalue weighted by molar-refractivity contribution is 0.0250. The number of aliphatic hydroxyl groups excluding tert-OH is 1. The van der Waals surface area contributed by atoms with Gasteiger partial charge in [0.2, 0.25) is 0 Å². The molecule has 0 radical (unpaired) electrons. The molecule has 2 aliphatic heterocycles. The molecule has 0 spiro atoms. The number of carbonyl (C=O) groups is 1. The minimum Gasteiger partial charge on any atom is -0.386 e.